The zero-order chi connectivity index (χ0) is 19.6. The molecular formula is C17H19N3O6S. The first-order valence-corrected chi connectivity index (χ1v) is 9.42. The summed E-state index contributed by atoms with van der Waals surface area (Å²) < 4.78 is 9.13. The smallest absolute Gasteiger partial charge is 0.434 e. The maximum atomic E-state index is 12.4. The normalized spacial score (nSPS) is 24.4. The Morgan fingerprint density at radius 3 is 2.70 bits per heavy atom. The second-order valence-corrected chi connectivity index (χ2v) is 7.11. The Morgan fingerprint density at radius 1 is 1.33 bits per heavy atom. The Kier molecular flexibility index (Phi) is 5.66. The molecule has 9 nitrogen and oxygen atoms in total. The maximum Gasteiger partial charge on any atom is 0.516 e. The zero-order valence-electron chi connectivity index (χ0n) is 14.5. The first-order chi connectivity index (χ1) is 12.9. The van der Waals surface area contributed by atoms with Gasteiger partial charge in [0.2, 0.25) is 11.8 Å². The molecule has 0 aliphatic carbocycles. The van der Waals surface area contributed by atoms with E-state index >= 15 is 0 Å². The lowest BCUT2D eigenvalue weighted by atomic mass is 10.0. The van der Waals surface area contributed by atoms with E-state index in [-0.39, 0.29) is 12.4 Å². The Bertz CT molecular complexity index is 758. The number of nitrogens with one attached hydrogen (secondary N) is 1. The fourth-order valence-corrected chi connectivity index (χ4v) is 4.40. The van der Waals surface area contributed by atoms with Crippen molar-refractivity contribution in [3.05, 3.63) is 35.9 Å². The van der Waals surface area contributed by atoms with Crippen LogP contribution in [-0.2, 0) is 23.9 Å². The Labute approximate surface area is 159 Å². The molecule has 4 atom stereocenters. The monoisotopic (exact) mass is 393 g/mol. The van der Waals surface area contributed by atoms with Gasteiger partial charge in [-0.25, -0.2) is 9.59 Å². The molecule has 0 radical (unpaired) electrons. The molecular weight excluding hydrogens is 374 g/mol. The highest BCUT2D eigenvalue weighted by Gasteiger charge is 2.58. The van der Waals surface area contributed by atoms with Crippen molar-refractivity contribution >= 4 is 35.7 Å². The molecule has 2 unspecified atom stereocenters. The number of rotatable bonds is 5. The lowest BCUT2D eigenvalue weighted by molar-refractivity contribution is -0.160. The molecule has 144 valence electrons. The molecule has 2 amide bonds. The van der Waals surface area contributed by atoms with Gasteiger partial charge >= 0.3 is 12.1 Å². The largest absolute Gasteiger partial charge is 0.516 e. The van der Waals surface area contributed by atoms with Gasteiger partial charge in [0.1, 0.15) is 23.5 Å². The van der Waals surface area contributed by atoms with E-state index in [1.807, 2.05) is 6.07 Å². The van der Waals surface area contributed by atoms with Crippen LogP contribution in [0.4, 0.5) is 4.79 Å². The molecule has 2 saturated heterocycles. The van der Waals surface area contributed by atoms with Gasteiger partial charge in [0.25, 0.3) is 0 Å². The van der Waals surface area contributed by atoms with Crippen LogP contribution in [0.3, 0.4) is 0 Å². The van der Waals surface area contributed by atoms with Crippen molar-refractivity contribution in [3.63, 3.8) is 0 Å². The molecule has 1 aromatic carbocycles. The van der Waals surface area contributed by atoms with E-state index < -0.39 is 47.4 Å². The first-order valence-electron chi connectivity index (χ1n) is 8.37. The van der Waals surface area contributed by atoms with Gasteiger partial charge in [0.05, 0.1) is 6.61 Å². The third-order valence-electron chi connectivity index (χ3n) is 4.30. The van der Waals surface area contributed by atoms with Crippen LogP contribution in [-0.4, -0.2) is 58.7 Å². The van der Waals surface area contributed by atoms with Crippen LogP contribution in [0.15, 0.2) is 30.3 Å². The van der Waals surface area contributed by atoms with E-state index in [0.717, 1.165) is 0 Å². The molecule has 2 heterocycles. The number of nitrogens with two attached hydrogens (primary N) is 1. The van der Waals surface area contributed by atoms with Crippen molar-refractivity contribution in [2.45, 2.75) is 30.4 Å². The van der Waals surface area contributed by atoms with Crippen LogP contribution in [0.25, 0.3) is 0 Å². The molecule has 1 aromatic rings. The second kappa shape index (κ2) is 7.97. The van der Waals surface area contributed by atoms with Crippen LogP contribution in [0, 0.1) is 0 Å². The Morgan fingerprint density at radius 2 is 2.04 bits per heavy atom. The molecule has 0 aromatic heterocycles. The van der Waals surface area contributed by atoms with Crippen LogP contribution in [0.2, 0.25) is 0 Å². The molecule has 27 heavy (non-hydrogen) atoms. The molecule has 0 bridgehead atoms. The number of carbonyl (C=O) groups excluding carboxylic acids is 4. The number of β-lactam (4-membered cyclic amide) rings is 1. The summed E-state index contributed by atoms with van der Waals surface area (Å²) in [6.45, 7) is 1.66. The summed E-state index contributed by atoms with van der Waals surface area (Å²) in [4.78, 5) is 49.4. The molecule has 3 N–H and O–H groups in total. The van der Waals surface area contributed by atoms with Crippen LogP contribution in [0.1, 0.15) is 18.5 Å². The zero-order valence-corrected chi connectivity index (χ0v) is 15.3. The van der Waals surface area contributed by atoms with Gasteiger partial charge in [-0.15, -0.1) is 11.8 Å². The molecule has 3 rings (SSSR count). The van der Waals surface area contributed by atoms with Gasteiger partial charge in [0, 0.05) is 5.75 Å². The topological polar surface area (TPSA) is 128 Å². The van der Waals surface area contributed by atoms with E-state index in [2.05, 4.69) is 14.8 Å². The predicted octanol–water partition coefficient (Wildman–Crippen LogP) is 0.155. The molecule has 2 fully saturated rings. The minimum Gasteiger partial charge on any atom is -0.434 e. The molecule has 0 saturated carbocycles. The summed E-state index contributed by atoms with van der Waals surface area (Å²) in [7, 11) is 0. The molecule has 10 heteroatoms. The number of nitrogens with zero attached hydrogens (tertiary/aromatic N) is 1. The van der Waals surface area contributed by atoms with E-state index in [0.29, 0.717) is 5.56 Å². The summed E-state index contributed by atoms with van der Waals surface area (Å²) in [6.07, 6.45) is -1.09. The quantitative estimate of drug-likeness (QED) is 0.411. The van der Waals surface area contributed by atoms with Gasteiger partial charge in [-0.2, -0.15) is 0 Å². The number of hydrogen-bond donors (Lipinski definition) is 2. The number of amides is 2. The van der Waals surface area contributed by atoms with E-state index in [1.54, 1.807) is 31.2 Å². The van der Waals surface area contributed by atoms with Gasteiger partial charge in [-0.3, -0.25) is 9.59 Å². The van der Waals surface area contributed by atoms with Crippen LogP contribution >= 0.6 is 11.8 Å². The second-order valence-electron chi connectivity index (χ2n) is 5.96. The highest BCUT2D eigenvalue weighted by atomic mass is 32.2. The van der Waals surface area contributed by atoms with E-state index in [1.165, 1.54) is 16.7 Å². The van der Waals surface area contributed by atoms with Crippen molar-refractivity contribution in [1.82, 2.24) is 10.2 Å². The summed E-state index contributed by atoms with van der Waals surface area (Å²) in [6, 6.07) is 6.26. The predicted molar refractivity (Wildman–Crippen MR) is 95.3 cm³/mol. The van der Waals surface area contributed by atoms with Crippen molar-refractivity contribution < 1.29 is 28.7 Å². The Balaban J connectivity index is 1.58. The van der Waals surface area contributed by atoms with Crippen molar-refractivity contribution in [1.29, 1.82) is 0 Å². The fraction of sp³-hybridized carbons (Fsp3) is 0.412. The maximum absolute atomic E-state index is 12.4. The van der Waals surface area contributed by atoms with Crippen molar-refractivity contribution in [2.24, 2.45) is 5.73 Å². The minimum absolute atomic E-state index is 0.0760. The standard InChI is InChI=1S/C17H19N3O6S/c1-2-25-17(24)26-16(23)10-8-27-15-12(14(22)20(10)15)19-13(21)11(18)9-6-4-3-5-7-9/h3-7,10-12,15H,2,8,18H2,1H3,(H,19,21)/t10?,11?,12-,15-/m1/s1. The number of ether oxygens (including phenoxy) is 2. The number of fused-ring (bicyclic) bond motifs is 1. The lowest BCUT2D eigenvalue weighted by Gasteiger charge is -2.43. The summed E-state index contributed by atoms with van der Waals surface area (Å²) in [5.74, 6) is -1.46. The average Bonchev–Trinajstić information content (AvgIpc) is 3.06. The number of thioether (sulfide) groups is 1. The highest BCUT2D eigenvalue weighted by molar-refractivity contribution is 8.00. The fourth-order valence-electron chi connectivity index (χ4n) is 2.93. The minimum atomic E-state index is -1.09. The molecule has 2 aliphatic rings. The number of carbonyl (C=O) groups is 4. The lowest BCUT2D eigenvalue weighted by Crippen LogP contribution is -2.70. The third-order valence-corrected chi connectivity index (χ3v) is 5.65. The SMILES string of the molecule is CCOC(=O)OC(=O)C1CS[C@@H]2[C@H](NC(=O)C(N)c3ccccc3)C(=O)N12. The van der Waals surface area contributed by atoms with Crippen molar-refractivity contribution in [3.8, 4) is 0 Å². The van der Waals surface area contributed by atoms with Crippen molar-refractivity contribution in [2.75, 3.05) is 12.4 Å². The molecule has 0 spiro atoms. The van der Waals surface area contributed by atoms with Gasteiger partial charge < -0.3 is 25.4 Å². The summed E-state index contributed by atoms with van der Waals surface area (Å²) in [5, 5.41) is 2.24. The number of hydrogen-bond acceptors (Lipinski definition) is 8. The van der Waals surface area contributed by atoms with Crippen LogP contribution < -0.4 is 11.1 Å². The number of esters is 1. The summed E-state index contributed by atoms with van der Waals surface area (Å²) in [5.41, 5.74) is 6.57. The average molecular weight is 393 g/mol. The van der Waals surface area contributed by atoms with Crippen LogP contribution in [0.5, 0.6) is 0 Å². The summed E-state index contributed by atoms with van der Waals surface area (Å²) >= 11 is 1.33. The molecule has 2 aliphatic heterocycles. The Hall–Kier alpha value is -2.59. The van der Waals surface area contributed by atoms with E-state index in [4.69, 9.17) is 5.73 Å². The highest BCUT2D eigenvalue weighted by Crippen LogP contribution is 2.40. The first kappa shape index (κ1) is 19.2. The van der Waals surface area contributed by atoms with Gasteiger partial charge in [-0.1, -0.05) is 30.3 Å². The van der Waals surface area contributed by atoms with Gasteiger partial charge in [-0.05, 0) is 12.5 Å². The number of benzene rings is 1. The third kappa shape index (κ3) is 3.76. The van der Waals surface area contributed by atoms with E-state index in [9.17, 15) is 19.2 Å². The van der Waals surface area contributed by atoms with Gasteiger partial charge in [0.15, 0.2) is 0 Å².